The van der Waals surface area contributed by atoms with E-state index < -0.39 is 10.1 Å². The lowest BCUT2D eigenvalue weighted by atomic mass is 9.90. The molecule has 3 rings (SSSR count). The van der Waals surface area contributed by atoms with Gasteiger partial charge in [-0.3, -0.25) is 19.1 Å². The summed E-state index contributed by atoms with van der Waals surface area (Å²) >= 11 is 0. The molecule has 0 bridgehead atoms. The van der Waals surface area contributed by atoms with Crippen molar-refractivity contribution in [1.29, 1.82) is 0 Å². The standard InChI is InChI=1S/C20H28N2O5S/c1-28(25,26)27-14-2-3-15-10-12-22(13-11-15)17-6-4-16(5-7-17)18-8-9-19(23)21-20(18)24/h4-7,15,18H,2-3,8-14H2,1H3,(H,21,23,24). The van der Waals surface area contributed by atoms with Crippen LogP contribution in [-0.4, -0.2) is 46.2 Å². The number of amides is 2. The number of carbonyl (C=O) groups is 2. The molecular formula is C20H28N2O5S. The van der Waals surface area contributed by atoms with E-state index in [0.717, 1.165) is 56.3 Å². The van der Waals surface area contributed by atoms with E-state index in [1.165, 1.54) is 0 Å². The summed E-state index contributed by atoms with van der Waals surface area (Å²) in [6.45, 7) is 2.20. The van der Waals surface area contributed by atoms with Crippen LogP contribution in [0.25, 0.3) is 0 Å². The molecule has 28 heavy (non-hydrogen) atoms. The fourth-order valence-electron chi connectivity index (χ4n) is 3.99. The van der Waals surface area contributed by atoms with Gasteiger partial charge < -0.3 is 4.90 Å². The molecule has 0 radical (unpaired) electrons. The fraction of sp³-hybridized carbons (Fsp3) is 0.600. The number of anilines is 1. The van der Waals surface area contributed by atoms with Gasteiger partial charge in [0.15, 0.2) is 0 Å². The molecule has 1 aromatic carbocycles. The van der Waals surface area contributed by atoms with E-state index in [1.807, 2.05) is 12.1 Å². The third-order valence-electron chi connectivity index (χ3n) is 5.57. The van der Waals surface area contributed by atoms with Gasteiger partial charge in [-0.2, -0.15) is 8.42 Å². The molecule has 0 saturated carbocycles. The average Bonchev–Trinajstić information content (AvgIpc) is 2.65. The van der Waals surface area contributed by atoms with Crippen molar-refractivity contribution in [2.45, 2.75) is 44.4 Å². The first kappa shape index (κ1) is 20.8. The molecule has 2 heterocycles. The van der Waals surface area contributed by atoms with Gasteiger partial charge in [0, 0.05) is 25.2 Å². The Labute approximate surface area is 166 Å². The van der Waals surface area contributed by atoms with Crippen LogP contribution in [0.2, 0.25) is 0 Å². The maximum atomic E-state index is 12.0. The molecule has 0 aromatic heterocycles. The van der Waals surface area contributed by atoms with Gasteiger partial charge in [0.05, 0.1) is 18.8 Å². The van der Waals surface area contributed by atoms with Crippen molar-refractivity contribution in [2.75, 3.05) is 30.9 Å². The van der Waals surface area contributed by atoms with Crippen molar-refractivity contribution < 1.29 is 22.2 Å². The molecule has 1 unspecified atom stereocenters. The lowest BCUT2D eigenvalue weighted by Crippen LogP contribution is -2.39. The number of imide groups is 1. The Morgan fingerprint density at radius 3 is 2.39 bits per heavy atom. The Morgan fingerprint density at radius 1 is 1.11 bits per heavy atom. The monoisotopic (exact) mass is 408 g/mol. The quantitative estimate of drug-likeness (QED) is 0.422. The van der Waals surface area contributed by atoms with Crippen molar-refractivity contribution in [3.05, 3.63) is 29.8 Å². The zero-order chi connectivity index (χ0) is 20.1. The molecule has 0 aliphatic carbocycles. The van der Waals surface area contributed by atoms with Gasteiger partial charge >= 0.3 is 0 Å². The maximum Gasteiger partial charge on any atom is 0.264 e. The number of hydrogen-bond acceptors (Lipinski definition) is 6. The number of nitrogens with one attached hydrogen (secondary N) is 1. The summed E-state index contributed by atoms with van der Waals surface area (Å²) in [6.07, 6.45) is 5.94. The second-order valence-corrected chi connectivity index (χ2v) is 9.34. The van der Waals surface area contributed by atoms with Crippen molar-refractivity contribution in [3.8, 4) is 0 Å². The van der Waals surface area contributed by atoms with Crippen LogP contribution >= 0.6 is 0 Å². The number of carbonyl (C=O) groups excluding carboxylic acids is 2. The van der Waals surface area contributed by atoms with Crippen LogP contribution in [0.1, 0.15) is 50.0 Å². The Morgan fingerprint density at radius 2 is 1.79 bits per heavy atom. The summed E-state index contributed by atoms with van der Waals surface area (Å²) < 4.78 is 26.7. The fourth-order valence-corrected chi connectivity index (χ4v) is 4.41. The molecule has 2 saturated heterocycles. The van der Waals surface area contributed by atoms with Crippen molar-refractivity contribution >= 4 is 27.6 Å². The molecule has 2 aliphatic rings. The minimum Gasteiger partial charge on any atom is -0.372 e. The molecule has 1 N–H and O–H groups in total. The third-order valence-corrected chi connectivity index (χ3v) is 6.16. The predicted octanol–water partition coefficient (Wildman–Crippen LogP) is 2.18. The van der Waals surface area contributed by atoms with Crippen LogP contribution in [-0.2, 0) is 23.9 Å². The third kappa shape index (κ3) is 5.78. The molecule has 0 spiro atoms. The lowest BCUT2D eigenvalue weighted by Gasteiger charge is -2.34. The first-order valence-corrected chi connectivity index (χ1v) is 11.7. The molecule has 2 aliphatic heterocycles. The van der Waals surface area contributed by atoms with Crippen LogP contribution in [0.15, 0.2) is 24.3 Å². The summed E-state index contributed by atoms with van der Waals surface area (Å²) in [5.74, 6) is -0.0397. The van der Waals surface area contributed by atoms with Gasteiger partial charge in [-0.25, -0.2) is 0 Å². The summed E-state index contributed by atoms with van der Waals surface area (Å²) in [7, 11) is -3.34. The molecule has 2 amide bonds. The van der Waals surface area contributed by atoms with Crippen LogP contribution in [0, 0.1) is 5.92 Å². The largest absolute Gasteiger partial charge is 0.372 e. The minimum absolute atomic E-state index is 0.191. The molecule has 1 aromatic rings. The Balaban J connectivity index is 1.46. The van der Waals surface area contributed by atoms with E-state index in [1.54, 1.807) is 0 Å². The number of benzene rings is 1. The SMILES string of the molecule is CS(=O)(=O)OCCCC1CCN(c2ccc(C3CCC(=O)NC3=O)cc2)CC1. The zero-order valence-electron chi connectivity index (χ0n) is 16.2. The second kappa shape index (κ2) is 9.05. The van der Waals surface area contributed by atoms with Crippen molar-refractivity contribution in [2.24, 2.45) is 5.92 Å². The Hall–Kier alpha value is -1.93. The predicted molar refractivity (Wildman–Crippen MR) is 107 cm³/mol. The van der Waals surface area contributed by atoms with Crippen molar-refractivity contribution in [1.82, 2.24) is 5.32 Å². The second-order valence-electron chi connectivity index (χ2n) is 7.69. The minimum atomic E-state index is -3.34. The molecule has 154 valence electrons. The lowest BCUT2D eigenvalue weighted by molar-refractivity contribution is -0.134. The molecular weight excluding hydrogens is 380 g/mol. The van der Waals surface area contributed by atoms with Crippen molar-refractivity contribution in [3.63, 3.8) is 0 Å². The molecule has 8 heteroatoms. The highest BCUT2D eigenvalue weighted by atomic mass is 32.2. The topological polar surface area (TPSA) is 92.8 Å². The van der Waals surface area contributed by atoms with Crippen LogP contribution < -0.4 is 10.2 Å². The van der Waals surface area contributed by atoms with E-state index in [-0.39, 0.29) is 24.3 Å². The Bertz CT molecular complexity index is 798. The number of rotatable bonds is 7. The van der Waals surface area contributed by atoms with Gasteiger partial charge in [-0.05, 0) is 55.7 Å². The highest BCUT2D eigenvalue weighted by molar-refractivity contribution is 7.85. The van der Waals surface area contributed by atoms with Gasteiger partial charge in [0.25, 0.3) is 10.1 Å². The molecule has 1 atom stereocenters. The summed E-state index contributed by atoms with van der Waals surface area (Å²) in [5, 5.41) is 2.41. The van der Waals surface area contributed by atoms with E-state index in [4.69, 9.17) is 4.18 Å². The van der Waals surface area contributed by atoms with Crippen LogP contribution in [0.4, 0.5) is 5.69 Å². The van der Waals surface area contributed by atoms with Crippen LogP contribution in [0.3, 0.4) is 0 Å². The summed E-state index contributed by atoms with van der Waals surface area (Å²) in [6, 6.07) is 8.09. The van der Waals surface area contributed by atoms with E-state index in [9.17, 15) is 18.0 Å². The van der Waals surface area contributed by atoms with Gasteiger partial charge in [-0.15, -0.1) is 0 Å². The van der Waals surface area contributed by atoms with Crippen LogP contribution in [0.5, 0.6) is 0 Å². The normalized spacial score (nSPS) is 21.6. The number of piperidine rings is 2. The average molecular weight is 409 g/mol. The highest BCUT2D eigenvalue weighted by Gasteiger charge is 2.28. The highest BCUT2D eigenvalue weighted by Crippen LogP contribution is 2.29. The van der Waals surface area contributed by atoms with Gasteiger partial charge in [0.2, 0.25) is 11.8 Å². The summed E-state index contributed by atoms with van der Waals surface area (Å²) in [4.78, 5) is 25.6. The molecule has 7 nitrogen and oxygen atoms in total. The van der Waals surface area contributed by atoms with E-state index in [2.05, 4.69) is 22.3 Å². The molecule has 2 fully saturated rings. The first-order valence-electron chi connectivity index (χ1n) is 9.85. The van der Waals surface area contributed by atoms with E-state index in [0.29, 0.717) is 18.8 Å². The zero-order valence-corrected chi connectivity index (χ0v) is 17.0. The van der Waals surface area contributed by atoms with E-state index >= 15 is 0 Å². The Kier molecular flexibility index (Phi) is 6.72. The van der Waals surface area contributed by atoms with Gasteiger partial charge in [0.1, 0.15) is 0 Å². The van der Waals surface area contributed by atoms with Gasteiger partial charge in [-0.1, -0.05) is 12.1 Å². The number of hydrogen-bond donors (Lipinski definition) is 1. The maximum absolute atomic E-state index is 12.0. The summed E-state index contributed by atoms with van der Waals surface area (Å²) in [5.41, 5.74) is 2.10. The number of nitrogens with zero attached hydrogens (tertiary/aromatic N) is 1. The smallest absolute Gasteiger partial charge is 0.264 e. The first-order chi connectivity index (χ1) is 13.3.